The molecule has 96 valence electrons. The van der Waals surface area contributed by atoms with Gasteiger partial charge in [-0.2, -0.15) is 0 Å². The quantitative estimate of drug-likeness (QED) is 0.556. The first-order valence-electron chi connectivity index (χ1n) is 6.37. The lowest BCUT2D eigenvalue weighted by Gasteiger charge is -2.26. The normalized spacial score (nSPS) is 32.6. The van der Waals surface area contributed by atoms with Crippen molar-refractivity contribution in [1.82, 2.24) is 0 Å². The summed E-state index contributed by atoms with van der Waals surface area (Å²) in [5, 5.41) is 0. The molecule has 2 heterocycles. The highest BCUT2D eigenvalue weighted by molar-refractivity contribution is 5.81. The number of carbonyl (C=O) groups is 1. The lowest BCUT2D eigenvalue weighted by Crippen LogP contribution is -2.28. The zero-order valence-corrected chi connectivity index (χ0v) is 10.3. The number of rotatable bonds is 4. The van der Waals surface area contributed by atoms with Gasteiger partial charge in [-0.3, -0.25) is 0 Å². The van der Waals surface area contributed by atoms with E-state index in [-0.39, 0.29) is 12.3 Å². The minimum Gasteiger partial charge on any atom is -0.463 e. The number of hydrogen-bond donors (Lipinski definition) is 0. The highest BCUT2D eigenvalue weighted by atomic mass is 16.7. The van der Waals surface area contributed by atoms with Crippen molar-refractivity contribution < 1.29 is 19.0 Å². The molecule has 2 fully saturated rings. The van der Waals surface area contributed by atoms with Gasteiger partial charge in [0.25, 0.3) is 0 Å². The maximum Gasteiger partial charge on any atom is 0.330 e. The van der Waals surface area contributed by atoms with E-state index >= 15 is 0 Å². The SMILES string of the molecule is CCOC(=O)/C=C/C[C@@H]1CO[C@@H]2OCCC[C@H]12. The summed E-state index contributed by atoms with van der Waals surface area (Å²) in [7, 11) is 0. The molecule has 4 nitrogen and oxygen atoms in total. The molecule has 0 aromatic carbocycles. The fourth-order valence-corrected chi connectivity index (χ4v) is 2.52. The number of ether oxygens (including phenoxy) is 3. The molecule has 0 aliphatic carbocycles. The molecule has 0 N–H and O–H groups in total. The first-order valence-corrected chi connectivity index (χ1v) is 6.37. The first-order chi connectivity index (χ1) is 8.31. The molecule has 4 heteroatoms. The molecular weight excluding hydrogens is 220 g/mol. The third-order valence-corrected chi connectivity index (χ3v) is 3.37. The molecule has 0 saturated carbocycles. The van der Waals surface area contributed by atoms with Crippen LogP contribution in [0.15, 0.2) is 12.2 Å². The van der Waals surface area contributed by atoms with Gasteiger partial charge in [0.1, 0.15) is 0 Å². The Bertz CT molecular complexity index is 287. The summed E-state index contributed by atoms with van der Waals surface area (Å²) >= 11 is 0. The van der Waals surface area contributed by atoms with E-state index in [2.05, 4.69) is 0 Å². The summed E-state index contributed by atoms with van der Waals surface area (Å²) in [5.74, 6) is 0.712. The van der Waals surface area contributed by atoms with E-state index in [1.807, 2.05) is 6.08 Å². The van der Waals surface area contributed by atoms with Gasteiger partial charge in [0.05, 0.1) is 13.2 Å². The molecule has 17 heavy (non-hydrogen) atoms. The van der Waals surface area contributed by atoms with Crippen molar-refractivity contribution in [3.05, 3.63) is 12.2 Å². The van der Waals surface area contributed by atoms with Gasteiger partial charge in [-0.15, -0.1) is 0 Å². The molecule has 2 aliphatic rings. The van der Waals surface area contributed by atoms with E-state index in [9.17, 15) is 4.79 Å². The van der Waals surface area contributed by atoms with Crippen molar-refractivity contribution in [1.29, 1.82) is 0 Å². The Hall–Kier alpha value is -0.870. The highest BCUT2D eigenvalue weighted by Crippen LogP contribution is 2.36. The van der Waals surface area contributed by atoms with Gasteiger partial charge in [-0.1, -0.05) is 6.08 Å². The highest BCUT2D eigenvalue weighted by Gasteiger charge is 2.38. The van der Waals surface area contributed by atoms with Crippen molar-refractivity contribution in [2.75, 3.05) is 19.8 Å². The molecule has 2 rings (SSSR count). The molecule has 0 amide bonds. The van der Waals surface area contributed by atoms with Crippen LogP contribution in [-0.2, 0) is 19.0 Å². The zero-order valence-electron chi connectivity index (χ0n) is 10.3. The van der Waals surface area contributed by atoms with Gasteiger partial charge in [0, 0.05) is 18.6 Å². The lowest BCUT2D eigenvalue weighted by atomic mass is 9.87. The second-order valence-electron chi connectivity index (χ2n) is 4.53. The van der Waals surface area contributed by atoms with Crippen LogP contribution in [0.4, 0.5) is 0 Å². The molecule has 0 unspecified atom stereocenters. The Kier molecular flexibility index (Phi) is 4.57. The molecule has 3 atom stereocenters. The van der Waals surface area contributed by atoms with E-state index < -0.39 is 0 Å². The second kappa shape index (κ2) is 6.17. The summed E-state index contributed by atoms with van der Waals surface area (Å²) < 4.78 is 16.0. The van der Waals surface area contributed by atoms with E-state index in [0.29, 0.717) is 18.4 Å². The Morgan fingerprint density at radius 1 is 1.47 bits per heavy atom. The van der Waals surface area contributed by atoms with Crippen LogP contribution in [0, 0.1) is 11.8 Å². The van der Waals surface area contributed by atoms with Crippen LogP contribution in [0.2, 0.25) is 0 Å². The minimum atomic E-state index is -0.261. The number of carbonyl (C=O) groups excluding carboxylic acids is 1. The summed E-state index contributed by atoms with van der Waals surface area (Å²) in [4.78, 5) is 11.1. The largest absolute Gasteiger partial charge is 0.463 e. The molecule has 2 aliphatic heterocycles. The number of fused-ring (bicyclic) bond motifs is 1. The van der Waals surface area contributed by atoms with Crippen LogP contribution in [0.25, 0.3) is 0 Å². The van der Waals surface area contributed by atoms with Gasteiger partial charge in [-0.05, 0) is 32.1 Å². The van der Waals surface area contributed by atoms with E-state index in [1.165, 1.54) is 12.5 Å². The Labute approximate surface area is 102 Å². The summed E-state index contributed by atoms with van der Waals surface area (Å²) in [6.07, 6.45) is 6.54. The third-order valence-electron chi connectivity index (χ3n) is 3.37. The predicted octanol–water partition coefficient (Wildman–Crippen LogP) is 1.89. The van der Waals surface area contributed by atoms with E-state index in [4.69, 9.17) is 14.2 Å². The number of esters is 1. The van der Waals surface area contributed by atoms with Crippen LogP contribution in [0.1, 0.15) is 26.2 Å². The maximum absolute atomic E-state index is 11.1. The minimum absolute atomic E-state index is 0.00950. The molecule has 0 aromatic rings. The molecule has 2 saturated heterocycles. The molecule has 0 radical (unpaired) electrons. The van der Waals surface area contributed by atoms with Gasteiger partial charge >= 0.3 is 5.97 Å². The van der Waals surface area contributed by atoms with Crippen molar-refractivity contribution in [3.8, 4) is 0 Å². The van der Waals surface area contributed by atoms with Crippen molar-refractivity contribution in [3.63, 3.8) is 0 Å². The first kappa shape index (κ1) is 12.6. The second-order valence-corrected chi connectivity index (χ2v) is 4.53. The Morgan fingerprint density at radius 3 is 3.18 bits per heavy atom. The molecular formula is C13H20O4. The van der Waals surface area contributed by atoms with E-state index in [1.54, 1.807) is 6.92 Å². The van der Waals surface area contributed by atoms with Crippen LogP contribution < -0.4 is 0 Å². The fourth-order valence-electron chi connectivity index (χ4n) is 2.52. The van der Waals surface area contributed by atoms with Gasteiger partial charge in [0.2, 0.25) is 0 Å². The lowest BCUT2D eigenvalue weighted by molar-refractivity contribution is -0.151. The van der Waals surface area contributed by atoms with Crippen LogP contribution >= 0.6 is 0 Å². The smallest absolute Gasteiger partial charge is 0.330 e. The van der Waals surface area contributed by atoms with Crippen LogP contribution in [0.5, 0.6) is 0 Å². The van der Waals surface area contributed by atoms with Crippen molar-refractivity contribution in [2.45, 2.75) is 32.5 Å². The monoisotopic (exact) mass is 240 g/mol. The molecule has 0 bridgehead atoms. The van der Waals surface area contributed by atoms with Gasteiger partial charge in [-0.25, -0.2) is 4.79 Å². The Balaban J connectivity index is 1.77. The predicted molar refractivity (Wildman–Crippen MR) is 62.3 cm³/mol. The fraction of sp³-hybridized carbons (Fsp3) is 0.769. The van der Waals surface area contributed by atoms with Crippen LogP contribution in [-0.4, -0.2) is 32.1 Å². The summed E-state index contributed by atoms with van der Waals surface area (Å²) in [6, 6.07) is 0. The van der Waals surface area contributed by atoms with Gasteiger partial charge in [0.15, 0.2) is 6.29 Å². The van der Waals surface area contributed by atoms with Crippen LogP contribution in [0.3, 0.4) is 0 Å². The molecule has 0 spiro atoms. The van der Waals surface area contributed by atoms with Crippen molar-refractivity contribution >= 4 is 5.97 Å². The topological polar surface area (TPSA) is 44.8 Å². The standard InChI is InChI=1S/C13H20O4/c1-2-15-12(14)7-3-5-10-9-17-13-11(10)6-4-8-16-13/h3,7,10-11,13H,2,4-6,8-9H2,1H3/b7-3+/t10-,11-,13+/m1/s1. The van der Waals surface area contributed by atoms with E-state index in [0.717, 1.165) is 26.1 Å². The van der Waals surface area contributed by atoms with Crippen molar-refractivity contribution in [2.24, 2.45) is 11.8 Å². The average Bonchev–Trinajstić information content (AvgIpc) is 2.73. The van der Waals surface area contributed by atoms with Gasteiger partial charge < -0.3 is 14.2 Å². The Morgan fingerprint density at radius 2 is 2.35 bits per heavy atom. The maximum atomic E-state index is 11.1. The summed E-state index contributed by atoms with van der Waals surface area (Å²) in [5.41, 5.74) is 0. The zero-order chi connectivity index (χ0) is 12.1. The molecule has 0 aromatic heterocycles. The third kappa shape index (κ3) is 3.30. The summed E-state index contributed by atoms with van der Waals surface area (Å²) in [6.45, 7) is 3.78. The average molecular weight is 240 g/mol. The number of allylic oxidation sites excluding steroid dienone is 1. The number of hydrogen-bond acceptors (Lipinski definition) is 4.